The molecule has 2 N–H and O–H groups in total. The Balaban J connectivity index is 1.94. The number of carbonyl (C=O) groups is 1. The number of H-pyrrole nitrogens is 1. The van der Waals surface area contributed by atoms with Gasteiger partial charge in [0.25, 0.3) is 0 Å². The summed E-state index contributed by atoms with van der Waals surface area (Å²) < 4.78 is 1.82. The second-order valence-corrected chi connectivity index (χ2v) is 5.38. The van der Waals surface area contributed by atoms with E-state index in [0.29, 0.717) is 12.8 Å². The second-order valence-electron chi connectivity index (χ2n) is 5.38. The lowest BCUT2D eigenvalue weighted by Crippen LogP contribution is -2.30. The van der Waals surface area contributed by atoms with Crippen LogP contribution in [0.4, 0.5) is 0 Å². The van der Waals surface area contributed by atoms with Gasteiger partial charge >= 0.3 is 0 Å². The van der Waals surface area contributed by atoms with Crippen LogP contribution in [-0.2, 0) is 17.8 Å². The van der Waals surface area contributed by atoms with E-state index < -0.39 is 0 Å². The van der Waals surface area contributed by atoms with E-state index in [1.165, 1.54) is 6.33 Å². The smallest absolute Gasteiger partial charge is 0.220 e. The van der Waals surface area contributed by atoms with Crippen LogP contribution in [0, 0.1) is 13.8 Å². The summed E-state index contributed by atoms with van der Waals surface area (Å²) in [6.07, 6.45) is 3.37. The molecule has 22 heavy (non-hydrogen) atoms. The molecule has 0 aromatic carbocycles. The van der Waals surface area contributed by atoms with Crippen molar-refractivity contribution < 1.29 is 4.79 Å². The molecule has 1 amide bonds. The van der Waals surface area contributed by atoms with Gasteiger partial charge in [0, 0.05) is 25.1 Å². The van der Waals surface area contributed by atoms with Gasteiger partial charge in [-0.25, -0.2) is 9.67 Å². The van der Waals surface area contributed by atoms with Crippen molar-refractivity contribution in [2.75, 3.05) is 0 Å². The van der Waals surface area contributed by atoms with Crippen LogP contribution in [0.3, 0.4) is 0 Å². The average molecular weight is 304 g/mol. The minimum Gasteiger partial charge on any atom is -0.346 e. The number of hydrogen-bond donors (Lipinski definition) is 2. The van der Waals surface area contributed by atoms with Gasteiger partial charge in [0.1, 0.15) is 12.2 Å². The van der Waals surface area contributed by atoms with Crippen molar-refractivity contribution in [1.82, 2.24) is 30.3 Å². The first-order chi connectivity index (χ1) is 10.6. The maximum Gasteiger partial charge on any atom is 0.220 e. The molecule has 2 heterocycles. The quantitative estimate of drug-likeness (QED) is 0.817. The van der Waals surface area contributed by atoms with Crippen LogP contribution in [0.25, 0.3) is 0 Å². The molecule has 2 rings (SSSR count). The van der Waals surface area contributed by atoms with Gasteiger partial charge in [-0.2, -0.15) is 10.2 Å². The minimum atomic E-state index is -0.100. The SMILES string of the molecule is CCC(NC(=O)CCc1n[nH]c(C)c1C)c1ncnn1CC. The van der Waals surface area contributed by atoms with Gasteiger partial charge < -0.3 is 5.32 Å². The van der Waals surface area contributed by atoms with Crippen LogP contribution in [0.5, 0.6) is 0 Å². The lowest BCUT2D eigenvalue weighted by atomic mass is 10.1. The van der Waals surface area contributed by atoms with Gasteiger partial charge in [0.05, 0.1) is 11.7 Å². The van der Waals surface area contributed by atoms with E-state index in [2.05, 4.69) is 25.6 Å². The Morgan fingerprint density at radius 2 is 2.18 bits per heavy atom. The number of carbonyl (C=O) groups excluding carboxylic acids is 1. The van der Waals surface area contributed by atoms with Gasteiger partial charge in [0.15, 0.2) is 0 Å². The molecule has 0 aliphatic heterocycles. The largest absolute Gasteiger partial charge is 0.346 e. The Labute approximate surface area is 130 Å². The van der Waals surface area contributed by atoms with Crippen LogP contribution >= 0.6 is 0 Å². The van der Waals surface area contributed by atoms with Crippen LogP contribution in [0.15, 0.2) is 6.33 Å². The van der Waals surface area contributed by atoms with Crippen molar-refractivity contribution in [1.29, 1.82) is 0 Å². The minimum absolute atomic E-state index is 0.0116. The highest BCUT2D eigenvalue weighted by molar-refractivity contribution is 5.76. The van der Waals surface area contributed by atoms with E-state index in [9.17, 15) is 4.79 Å². The molecule has 0 bridgehead atoms. The first kappa shape index (κ1) is 16.2. The summed E-state index contributed by atoms with van der Waals surface area (Å²) in [6, 6.07) is -0.100. The summed E-state index contributed by atoms with van der Waals surface area (Å²) in [6.45, 7) is 8.78. The van der Waals surface area contributed by atoms with E-state index in [1.807, 2.05) is 32.4 Å². The highest BCUT2D eigenvalue weighted by Crippen LogP contribution is 2.15. The molecule has 2 aromatic rings. The topological polar surface area (TPSA) is 88.5 Å². The second kappa shape index (κ2) is 7.20. The first-order valence-corrected chi connectivity index (χ1v) is 7.74. The van der Waals surface area contributed by atoms with Crippen LogP contribution in [0.1, 0.15) is 55.5 Å². The number of aromatic nitrogens is 5. The van der Waals surface area contributed by atoms with Crippen LogP contribution in [-0.4, -0.2) is 30.9 Å². The van der Waals surface area contributed by atoms with Crippen molar-refractivity contribution in [2.45, 2.75) is 59.5 Å². The molecular formula is C15H24N6O. The molecule has 7 heteroatoms. The number of aryl methyl sites for hydroxylation is 3. The van der Waals surface area contributed by atoms with Gasteiger partial charge in [-0.3, -0.25) is 9.89 Å². The summed E-state index contributed by atoms with van der Waals surface area (Å²) in [5.74, 6) is 0.822. The normalized spacial score (nSPS) is 12.4. The van der Waals surface area contributed by atoms with E-state index in [-0.39, 0.29) is 11.9 Å². The number of amides is 1. The van der Waals surface area contributed by atoms with Crippen molar-refractivity contribution in [3.8, 4) is 0 Å². The number of aromatic amines is 1. The molecule has 7 nitrogen and oxygen atoms in total. The molecule has 0 fully saturated rings. The van der Waals surface area contributed by atoms with Crippen LogP contribution < -0.4 is 5.32 Å². The molecule has 0 aliphatic rings. The summed E-state index contributed by atoms with van der Waals surface area (Å²) >= 11 is 0. The standard InChI is InChI=1S/C15H24N6O/c1-5-12(15-16-9-17-21(15)6-2)18-14(22)8-7-13-10(3)11(4)19-20-13/h9,12H,5-8H2,1-4H3,(H,18,22)(H,19,20). The van der Waals surface area contributed by atoms with Crippen molar-refractivity contribution in [2.24, 2.45) is 0 Å². The predicted octanol–water partition coefficient (Wildman–Crippen LogP) is 1.84. The summed E-state index contributed by atoms with van der Waals surface area (Å²) in [4.78, 5) is 16.5. The van der Waals surface area contributed by atoms with E-state index >= 15 is 0 Å². The fourth-order valence-electron chi connectivity index (χ4n) is 2.41. The van der Waals surface area contributed by atoms with Gasteiger partial charge in [-0.1, -0.05) is 6.92 Å². The summed E-state index contributed by atoms with van der Waals surface area (Å²) in [5, 5.41) is 14.4. The highest BCUT2D eigenvalue weighted by Gasteiger charge is 2.18. The Morgan fingerprint density at radius 1 is 1.41 bits per heavy atom. The number of nitrogens with one attached hydrogen (secondary N) is 2. The molecule has 2 aromatic heterocycles. The third kappa shape index (κ3) is 3.52. The average Bonchev–Trinajstić information content (AvgIpc) is 3.11. The van der Waals surface area contributed by atoms with Crippen molar-refractivity contribution in [3.63, 3.8) is 0 Å². The Kier molecular flexibility index (Phi) is 5.30. The molecular weight excluding hydrogens is 280 g/mol. The van der Waals surface area contributed by atoms with Crippen molar-refractivity contribution in [3.05, 3.63) is 29.1 Å². The third-order valence-corrected chi connectivity index (χ3v) is 3.94. The molecule has 1 unspecified atom stereocenters. The molecule has 120 valence electrons. The Hall–Kier alpha value is -2.18. The van der Waals surface area contributed by atoms with E-state index in [0.717, 1.165) is 35.7 Å². The lowest BCUT2D eigenvalue weighted by Gasteiger charge is -2.16. The van der Waals surface area contributed by atoms with Gasteiger partial charge in [-0.05, 0) is 32.8 Å². The Bertz CT molecular complexity index is 630. The van der Waals surface area contributed by atoms with E-state index in [4.69, 9.17) is 0 Å². The molecule has 0 radical (unpaired) electrons. The maximum absolute atomic E-state index is 12.2. The fraction of sp³-hybridized carbons (Fsp3) is 0.600. The fourth-order valence-corrected chi connectivity index (χ4v) is 2.41. The predicted molar refractivity (Wildman–Crippen MR) is 83.3 cm³/mol. The molecule has 0 saturated heterocycles. The van der Waals surface area contributed by atoms with Gasteiger partial charge in [0.2, 0.25) is 5.91 Å². The molecule has 1 atom stereocenters. The highest BCUT2D eigenvalue weighted by atomic mass is 16.1. The number of hydrogen-bond acceptors (Lipinski definition) is 4. The summed E-state index contributed by atoms with van der Waals surface area (Å²) in [7, 11) is 0. The summed E-state index contributed by atoms with van der Waals surface area (Å²) in [5.41, 5.74) is 3.14. The Morgan fingerprint density at radius 3 is 2.77 bits per heavy atom. The molecule has 0 saturated carbocycles. The van der Waals surface area contributed by atoms with Crippen molar-refractivity contribution >= 4 is 5.91 Å². The maximum atomic E-state index is 12.2. The van der Waals surface area contributed by atoms with Crippen LogP contribution in [0.2, 0.25) is 0 Å². The zero-order valence-electron chi connectivity index (χ0n) is 13.7. The number of rotatable bonds is 7. The lowest BCUT2D eigenvalue weighted by molar-refractivity contribution is -0.121. The monoisotopic (exact) mass is 304 g/mol. The van der Waals surface area contributed by atoms with Gasteiger partial charge in [-0.15, -0.1) is 0 Å². The molecule has 0 aliphatic carbocycles. The van der Waals surface area contributed by atoms with E-state index in [1.54, 1.807) is 0 Å². The zero-order chi connectivity index (χ0) is 16.1. The third-order valence-electron chi connectivity index (χ3n) is 3.94. The molecule has 0 spiro atoms. The first-order valence-electron chi connectivity index (χ1n) is 7.74. The zero-order valence-corrected chi connectivity index (χ0v) is 13.7. The number of nitrogens with zero attached hydrogens (tertiary/aromatic N) is 4.